The fourth-order valence-corrected chi connectivity index (χ4v) is 2.77. The van der Waals surface area contributed by atoms with E-state index in [2.05, 4.69) is 14.7 Å². The molecule has 8 heteroatoms. The third kappa shape index (κ3) is 3.77. The zero-order chi connectivity index (χ0) is 14.6. The Labute approximate surface area is 112 Å². The molecule has 3 N–H and O–H groups in total. The van der Waals surface area contributed by atoms with Crippen molar-refractivity contribution in [2.45, 2.75) is 44.7 Å². The van der Waals surface area contributed by atoms with Crippen LogP contribution < -0.4 is 4.72 Å². The van der Waals surface area contributed by atoms with Crippen LogP contribution in [0.25, 0.3) is 0 Å². The second kappa shape index (κ2) is 6.16. The number of rotatable bonds is 7. The van der Waals surface area contributed by atoms with Gasteiger partial charge in [-0.1, -0.05) is 27.2 Å². The van der Waals surface area contributed by atoms with E-state index >= 15 is 0 Å². The van der Waals surface area contributed by atoms with E-state index in [0.29, 0.717) is 18.7 Å². The van der Waals surface area contributed by atoms with Crippen LogP contribution in [0.1, 0.15) is 33.0 Å². The van der Waals surface area contributed by atoms with Crippen molar-refractivity contribution in [3.8, 4) is 0 Å². The van der Waals surface area contributed by atoms with E-state index in [1.165, 1.54) is 6.20 Å². The predicted octanol–water partition coefficient (Wildman–Crippen LogP) is 0.750. The minimum atomic E-state index is -3.90. The number of hydrogen-bond acceptors (Lipinski definition) is 4. The third-order valence-corrected chi connectivity index (χ3v) is 4.34. The highest BCUT2D eigenvalue weighted by Crippen LogP contribution is 2.13. The average Bonchev–Trinajstić information content (AvgIpc) is 2.84. The third-order valence-electron chi connectivity index (χ3n) is 2.99. The molecule has 0 amide bonds. The second-order valence-corrected chi connectivity index (χ2v) is 6.05. The summed E-state index contributed by atoms with van der Waals surface area (Å²) in [6, 6.07) is -1.15. The monoisotopic (exact) mass is 289 g/mol. The first-order valence-electron chi connectivity index (χ1n) is 6.10. The van der Waals surface area contributed by atoms with Crippen molar-refractivity contribution in [3.05, 3.63) is 12.0 Å². The summed E-state index contributed by atoms with van der Waals surface area (Å²) in [7, 11) is -3.90. The van der Waals surface area contributed by atoms with Gasteiger partial charge in [0.1, 0.15) is 11.9 Å². The lowest BCUT2D eigenvalue weighted by Gasteiger charge is -2.19. The van der Waals surface area contributed by atoms with Crippen molar-refractivity contribution in [1.29, 1.82) is 0 Å². The number of nitrogens with zero attached hydrogens (tertiary/aromatic N) is 1. The van der Waals surface area contributed by atoms with Crippen molar-refractivity contribution in [3.63, 3.8) is 0 Å². The van der Waals surface area contributed by atoms with E-state index in [1.54, 1.807) is 13.8 Å². The van der Waals surface area contributed by atoms with E-state index in [9.17, 15) is 13.2 Å². The van der Waals surface area contributed by atoms with Crippen molar-refractivity contribution in [2.75, 3.05) is 0 Å². The molecule has 1 aromatic heterocycles. The van der Waals surface area contributed by atoms with Crippen molar-refractivity contribution < 1.29 is 18.3 Å². The topological polar surface area (TPSA) is 112 Å². The number of sulfonamides is 1. The summed E-state index contributed by atoms with van der Waals surface area (Å²) in [6.07, 6.45) is 2.32. The number of carboxylic acid groups (broad SMARTS) is 1. The molecule has 0 aliphatic heterocycles. The maximum absolute atomic E-state index is 12.1. The molecule has 7 nitrogen and oxygen atoms in total. The van der Waals surface area contributed by atoms with Crippen LogP contribution in [0, 0.1) is 5.92 Å². The molecule has 1 rings (SSSR count). The van der Waals surface area contributed by atoms with Gasteiger partial charge in [0.15, 0.2) is 5.03 Å². The van der Waals surface area contributed by atoms with Gasteiger partial charge in [-0.25, -0.2) is 13.4 Å². The lowest BCUT2D eigenvalue weighted by atomic mass is 10.0. The number of aromatic amines is 1. The van der Waals surface area contributed by atoms with Gasteiger partial charge in [0.2, 0.25) is 0 Å². The number of imidazole rings is 1. The van der Waals surface area contributed by atoms with E-state index in [1.807, 2.05) is 6.92 Å². The zero-order valence-corrected chi connectivity index (χ0v) is 12.0. The Morgan fingerprint density at radius 2 is 2.16 bits per heavy atom. The molecule has 0 spiro atoms. The minimum Gasteiger partial charge on any atom is -0.480 e. The molecule has 0 aromatic carbocycles. The number of H-pyrrole nitrogens is 1. The van der Waals surface area contributed by atoms with Gasteiger partial charge in [0.05, 0.1) is 6.20 Å². The fourth-order valence-electron chi connectivity index (χ4n) is 1.54. The molecule has 0 bridgehead atoms. The zero-order valence-electron chi connectivity index (χ0n) is 11.2. The highest BCUT2D eigenvalue weighted by molar-refractivity contribution is 7.89. The van der Waals surface area contributed by atoms with Crippen LogP contribution in [-0.2, 0) is 21.2 Å². The van der Waals surface area contributed by atoms with Crippen LogP contribution in [0.2, 0.25) is 0 Å². The fraction of sp³-hybridized carbons (Fsp3) is 0.636. The average molecular weight is 289 g/mol. The number of aliphatic carboxylic acids is 1. The van der Waals surface area contributed by atoms with Gasteiger partial charge in [-0.05, 0) is 5.92 Å². The van der Waals surface area contributed by atoms with E-state index in [-0.39, 0.29) is 10.9 Å². The molecule has 0 unspecified atom stereocenters. The van der Waals surface area contributed by atoms with Gasteiger partial charge in [-0.2, -0.15) is 4.72 Å². The number of aryl methyl sites for hydroxylation is 1. The minimum absolute atomic E-state index is 0.112. The van der Waals surface area contributed by atoms with Gasteiger partial charge in [-0.3, -0.25) is 4.79 Å². The summed E-state index contributed by atoms with van der Waals surface area (Å²) in [5.74, 6) is -0.954. The normalized spacial score (nSPS) is 15.1. The first kappa shape index (κ1) is 15.6. The number of hydrogen-bond donors (Lipinski definition) is 3. The Balaban J connectivity index is 2.97. The molecule has 1 aromatic rings. The first-order valence-corrected chi connectivity index (χ1v) is 7.59. The Morgan fingerprint density at radius 1 is 1.53 bits per heavy atom. The van der Waals surface area contributed by atoms with Gasteiger partial charge in [0.25, 0.3) is 10.0 Å². The first-order chi connectivity index (χ1) is 8.81. The molecule has 0 saturated heterocycles. The Morgan fingerprint density at radius 3 is 2.58 bits per heavy atom. The maximum Gasteiger partial charge on any atom is 0.322 e. The van der Waals surface area contributed by atoms with Gasteiger partial charge < -0.3 is 10.1 Å². The SMILES string of the molecule is CCc1ncc(S(=O)(=O)N[C@H](C(=O)O)[C@@H](C)CC)[nH]1. The van der Waals surface area contributed by atoms with E-state index in [0.717, 1.165) is 0 Å². The standard InChI is InChI=1S/C11H19N3O4S/c1-4-7(3)10(11(15)16)14-19(17,18)9-6-12-8(5-2)13-9/h6-7,10,14H,4-5H2,1-3H3,(H,12,13)(H,15,16)/t7-,10-/m0/s1. The van der Waals surface area contributed by atoms with Crippen LogP contribution in [-0.4, -0.2) is 35.5 Å². The van der Waals surface area contributed by atoms with E-state index < -0.39 is 22.0 Å². The van der Waals surface area contributed by atoms with Crippen molar-refractivity contribution in [2.24, 2.45) is 5.92 Å². The van der Waals surface area contributed by atoms with E-state index in [4.69, 9.17) is 5.11 Å². The molecule has 0 aliphatic carbocycles. The Kier molecular flexibility index (Phi) is 5.07. The van der Waals surface area contributed by atoms with Crippen molar-refractivity contribution >= 4 is 16.0 Å². The molecular formula is C11H19N3O4S. The van der Waals surface area contributed by atoms with Gasteiger partial charge in [-0.15, -0.1) is 0 Å². The molecular weight excluding hydrogens is 270 g/mol. The number of nitrogens with one attached hydrogen (secondary N) is 2. The summed E-state index contributed by atoms with van der Waals surface area (Å²) in [4.78, 5) is 17.7. The summed E-state index contributed by atoms with van der Waals surface area (Å²) in [5.41, 5.74) is 0. The van der Waals surface area contributed by atoms with Gasteiger partial charge >= 0.3 is 5.97 Å². The number of carbonyl (C=O) groups is 1. The van der Waals surface area contributed by atoms with Crippen LogP contribution >= 0.6 is 0 Å². The van der Waals surface area contributed by atoms with Crippen LogP contribution in [0.15, 0.2) is 11.2 Å². The van der Waals surface area contributed by atoms with Crippen LogP contribution in [0.3, 0.4) is 0 Å². The lowest BCUT2D eigenvalue weighted by Crippen LogP contribution is -2.45. The molecule has 0 aliphatic rings. The van der Waals surface area contributed by atoms with Crippen LogP contribution in [0.5, 0.6) is 0 Å². The highest BCUT2D eigenvalue weighted by Gasteiger charge is 2.30. The largest absolute Gasteiger partial charge is 0.480 e. The maximum atomic E-state index is 12.1. The molecule has 0 radical (unpaired) electrons. The highest BCUT2D eigenvalue weighted by atomic mass is 32.2. The summed E-state index contributed by atoms with van der Waals surface area (Å²) >= 11 is 0. The molecule has 1 heterocycles. The van der Waals surface area contributed by atoms with Crippen molar-refractivity contribution in [1.82, 2.24) is 14.7 Å². The van der Waals surface area contributed by atoms with Gasteiger partial charge in [0, 0.05) is 6.42 Å². The summed E-state index contributed by atoms with van der Waals surface area (Å²) in [5, 5.41) is 8.97. The second-order valence-electron chi connectivity index (χ2n) is 4.37. The summed E-state index contributed by atoms with van der Waals surface area (Å²) < 4.78 is 26.3. The summed E-state index contributed by atoms with van der Waals surface area (Å²) in [6.45, 7) is 5.33. The smallest absolute Gasteiger partial charge is 0.322 e. The Hall–Kier alpha value is -1.41. The molecule has 0 fully saturated rings. The lowest BCUT2D eigenvalue weighted by molar-refractivity contribution is -0.140. The van der Waals surface area contributed by atoms with Crippen LogP contribution in [0.4, 0.5) is 0 Å². The predicted molar refractivity (Wildman–Crippen MR) is 69.2 cm³/mol. The molecule has 0 saturated carbocycles. The molecule has 2 atom stereocenters. The molecule has 108 valence electrons. The number of aromatic nitrogens is 2. The number of carboxylic acids is 1. The quantitative estimate of drug-likeness (QED) is 0.685. The Bertz CT molecular complexity index is 538. The molecule has 19 heavy (non-hydrogen) atoms.